The van der Waals surface area contributed by atoms with Crippen LogP contribution in [0, 0.1) is 0 Å². The molecular formula is C6H7Cl2O3P. The zero-order valence-electron chi connectivity index (χ0n) is 5.89. The van der Waals surface area contributed by atoms with Gasteiger partial charge in [-0.1, -0.05) is 0 Å². The second-order valence-electron chi connectivity index (χ2n) is 2.16. The quantitative estimate of drug-likeness (QED) is 0.766. The van der Waals surface area contributed by atoms with Gasteiger partial charge in [0.2, 0.25) is 0 Å². The Morgan fingerprint density at radius 1 is 1.08 bits per heavy atom. The fraction of sp³-hybridized carbons (Fsp3) is 0. The molecule has 3 nitrogen and oxygen atoms in total. The average Bonchev–Trinajstić information content (AvgIpc) is 1.83. The number of halogens is 2. The SMILES string of the molecule is OP(O)(Cl)(Cl)Oc1ccccc1. The first-order valence-electron chi connectivity index (χ1n) is 3.04. The molecular weight excluding hydrogens is 222 g/mol. The van der Waals surface area contributed by atoms with Gasteiger partial charge in [-0.05, 0) is 0 Å². The summed E-state index contributed by atoms with van der Waals surface area (Å²) < 4.78 is 4.56. The molecule has 0 fully saturated rings. The monoisotopic (exact) mass is 228 g/mol. The van der Waals surface area contributed by atoms with Crippen molar-refractivity contribution in [1.29, 1.82) is 0 Å². The van der Waals surface area contributed by atoms with E-state index in [1.807, 2.05) is 0 Å². The predicted octanol–water partition coefficient (Wildman–Crippen LogP) is 2.66. The summed E-state index contributed by atoms with van der Waals surface area (Å²) in [6, 6.07) is 8.09. The van der Waals surface area contributed by atoms with Crippen LogP contribution in [0.2, 0.25) is 0 Å². The maximum absolute atomic E-state index is 8.93. The van der Waals surface area contributed by atoms with Crippen molar-refractivity contribution < 1.29 is 14.3 Å². The molecule has 2 N–H and O–H groups in total. The molecule has 0 saturated heterocycles. The van der Waals surface area contributed by atoms with E-state index in [-0.39, 0.29) is 5.75 Å². The van der Waals surface area contributed by atoms with Crippen molar-refractivity contribution in [3.63, 3.8) is 0 Å². The molecule has 0 bridgehead atoms. The zero-order valence-corrected chi connectivity index (χ0v) is 8.30. The Balaban J connectivity index is 2.79. The summed E-state index contributed by atoms with van der Waals surface area (Å²) in [5.74, 6) is -4.70. The van der Waals surface area contributed by atoms with Crippen LogP contribution in [0.1, 0.15) is 0 Å². The van der Waals surface area contributed by atoms with Gasteiger partial charge < -0.3 is 0 Å². The molecule has 0 atom stereocenters. The third kappa shape index (κ3) is 4.10. The fourth-order valence-corrected chi connectivity index (χ4v) is 1.60. The van der Waals surface area contributed by atoms with E-state index in [0.29, 0.717) is 0 Å². The number of benzene rings is 1. The molecule has 0 aliphatic heterocycles. The van der Waals surface area contributed by atoms with Crippen molar-refractivity contribution in [2.75, 3.05) is 0 Å². The number of hydrogen-bond donors (Lipinski definition) is 2. The Hall–Kier alpha value is -0.0500. The second-order valence-corrected chi connectivity index (χ2v) is 8.03. The topological polar surface area (TPSA) is 49.7 Å². The molecule has 1 rings (SSSR count). The summed E-state index contributed by atoms with van der Waals surface area (Å²) in [6.07, 6.45) is 0. The summed E-state index contributed by atoms with van der Waals surface area (Å²) in [6.45, 7) is 0. The molecule has 1 aromatic carbocycles. The Morgan fingerprint density at radius 3 is 2.00 bits per heavy atom. The third-order valence-electron chi connectivity index (χ3n) is 0.999. The van der Waals surface area contributed by atoms with E-state index in [2.05, 4.69) is 4.52 Å². The summed E-state index contributed by atoms with van der Waals surface area (Å²) in [5.41, 5.74) is 0. The van der Waals surface area contributed by atoms with E-state index in [0.717, 1.165) is 0 Å². The van der Waals surface area contributed by atoms with Gasteiger partial charge in [0.05, 0.1) is 0 Å². The number of hydrogen-bond acceptors (Lipinski definition) is 3. The molecule has 0 aliphatic carbocycles. The molecule has 0 spiro atoms. The molecule has 12 heavy (non-hydrogen) atoms. The van der Waals surface area contributed by atoms with Gasteiger partial charge in [0.15, 0.2) is 0 Å². The van der Waals surface area contributed by atoms with Gasteiger partial charge in [-0.3, -0.25) is 0 Å². The number of para-hydroxylation sites is 1. The Labute approximate surface area is 79.3 Å². The minimum absolute atomic E-state index is 0.213. The first-order chi connectivity index (χ1) is 5.33. The van der Waals surface area contributed by atoms with Gasteiger partial charge in [-0.15, -0.1) is 0 Å². The first kappa shape index (κ1) is 10.0. The molecule has 1 aromatic rings. The molecule has 0 saturated carbocycles. The Kier molecular flexibility index (Phi) is 2.52. The van der Waals surface area contributed by atoms with Crippen LogP contribution in [-0.2, 0) is 0 Å². The van der Waals surface area contributed by atoms with Crippen molar-refractivity contribution in [3.8, 4) is 5.75 Å². The van der Waals surface area contributed by atoms with E-state index >= 15 is 0 Å². The van der Waals surface area contributed by atoms with Gasteiger partial charge in [-0.2, -0.15) is 0 Å². The summed E-state index contributed by atoms with van der Waals surface area (Å²) >= 11 is 10.2. The van der Waals surface area contributed by atoms with Crippen molar-refractivity contribution >= 4 is 28.5 Å². The molecule has 0 unspecified atom stereocenters. The van der Waals surface area contributed by atoms with Crippen molar-refractivity contribution in [3.05, 3.63) is 30.3 Å². The Bertz CT molecular complexity index is 260. The fourth-order valence-electron chi connectivity index (χ4n) is 0.655. The molecule has 0 aromatic heterocycles. The van der Waals surface area contributed by atoms with Crippen LogP contribution < -0.4 is 4.52 Å². The van der Waals surface area contributed by atoms with Crippen LogP contribution in [0.15, 0.2) is 30.3 Å². The number of rotatable bonds is 2. The molecule has 68 valence electrons. The zero-order chi connectivity index (χ0) is 9.27. The van der Waals surface area contributed by atoms with Crippen molar-refractivity contribution in [1.82, 2.24) is 0 Å². The predicted molar refractivity (Wildman–Crippen MR) is 50.1 cm³/mol. The summed E-state index contributed by atoms with van der Waals surface area (Å²) in [7, 11) is 0. The molecule has 0 amide bonds. The average molecular weight is 229 g/mol. The Morgan fingerprint density at radius 2 is 1.58 bits per heavy atom. The van der Waals surface area contributed by atoms with Crippen LogP contribution in [-0.4, -0.2) is 9.79 Å². The van der Waals surface area contributed by atoms with E-state index in [1.54, 1.807) is 18.2 Å². The van der Waals surface area contributed by atoms with Crippen molar-refractivity contribution in [2.45, 2.75) is 0 Å². The first-order valence-corrected chi connectivity index (χ1v) is 6.91. The maximum atomic E-state index is 8.93. The van der Waals surface area contributed by atoms with Gasteiger partial charge in [0, 0.05) is 0 Å². The van der Waals surface area contributed by atoms with E-state index in [4.69, 9.17) is 32.3 Å². The van der Waals surface area contributed by atoms with Gasteiger partial charge in [-0.25, -0.2) is 0 Å². The van der Waals surface area contributed by atoms with E-state index in [1.165, 1.54) is 12.1 Å². The van der Waals surface area contributed by atoms with E-state index < -0.39 is 5.99 Å². The molecule has 0 aliphatic rings. The standard InChI is InChI=1S/C6H7Cl2O3P/c7-12(8,9,10)11-6-4-2-1-3-5-6/h1-5,9-10H. The van der Waals surface area contributed by atoms with Crippen LogP contribution in [0.3, 0.4) is 0 Å². The van der Waals surface area contributed by atoms with Crippen molar-refractivity contribution in [2.24, 2.45) is 0 Å². The molecule has 6 heteroatoms. The van der Waals surface area contributed by atoms with Gasteiger partial charge in [0.25, 0.3) is 0 Å². The van der Waals surface area contributed by atoms with Gasteiger partial charge >= 0.3 is 78.9 Å². The molecule has 0 heterocycles. The third-order valence-corrected chi connectivity index (χ3v) is 1.93. The van der Waals surface area contributed by atoms with Crippen LogP contribution in [0.4, 0.5) is 0 Å². The minimum atomic E-state index is -4.91. The molecule has 0 radical (unpaired) electrons. The van der Waals surface area contributed by atoms with E-state index in [9.17, 15) is 0 Å². The van der Waals surface area contributed by atoms with Crippen LogP contribution in [0.25, 0.3) is 0 Å². The van der Waals surface area contributed by atoms with Gasteiger partial charge in [0.1, 0.15) is 0 Å². The second kappa shape index (κ2) is 3.02. The summed E-state index contributed by atoms with van der Waals surface area (Å²) in [5, 5.41) is 0. The summed E-state index contributed by atoms with van der Waals surface area (Å²) in [4.78, 5) is 17.9. The van der Waals surface area contributed by atoms with Crippen LogP contribution in [0.5, 0.6) is 5.75 Å². The van der Waals surface area contributed by atoms with Crippen LogP contribution >= 0.6 is 28.5 Å². The normalized spacial score (nSPS) is 14.8.